The van der Waals surface area contributed by atoms with Crippen molar-refractivity contribution in [1.29, 1.82) is 0 Å². The summed E-state index contributed by atoms with van der Waals surface area (Å²) in [5.74, 6) is 6.55. The smallest absolute Gasteiger partial charge is 0.00851 e. The van der Waals surface area contributed by atoms with Crippen LogP contribution in [-0.4, -0.2) is 0 Å². The highest BCUT2D eigenvalue weighted by Crippen LogP contribution is 2.67. The number of hydrogen-bond acceptors (Lipinski definition) is 0. The molecule has 0 bridgehead atoms. The molecule has 0 heterocycles. The van der Waals surface area contributed by atoms with Crippen LogP contribution in [-0.2, 0) is 0 Å². The van der Waals surface area contributed by atoms with Gasteiger partial charge in [0.15, 0.2) is 0 Å². The van der Waals surface area contributed by atoms with E-state index in [1.807, 2.05) is 5.57 Å². The molecule has 0 saturated heterocycles. The zero-order valence-corrected chi connectivity index (χ0v) is 26.8. The summed E-state index contributed by atoms with van der Waals surface area (Å²) in [5, 5.41) is 0. The van der Waals surface area contributed by atoms with Gasteiger partial charge < -0.3 is 0 Å². The first-order valence-electron chi connectivity index (χ1n) is 17.5. The van der Waals surface area contributed by atoms with E-state index in [1.54, 1.807) is 5.57 Å². The summed E-state index contributed by atoms with van der Waals surface area (Å²) in [5.41, 5.74) is 4.55. The van der Waals surface area contributed by atoms with Crippen molar-refractivity contribution in [2.24, 2.45) is 52.3 Å². The van der Waals surface area contributed by atoms with Gasteiger partial charge in [-0.1, -0.05) is 117 Å². The van der Waals surface area contributed by atoms with Gasteiger partial charge in [0.25, 0.3) is 0 Å². The second kappa shape index (κ2) is 13.4. The summed E-state index contributed by atoms with van der Waals surface area (Å²) in [7, 11) is 0. The summed E-state index contributed by atoms with van der Waals surface area (Å²) < 4.78 is 0. The first kappa shape index (κ1) is 30.4. The van der Waals surface area contributed by atoms with Gasteiger partial charge in [0, 0.05) is 0 Å². The first-order chi connectivity index (χ1) is 18.2. The first-order valence-corrected chi connectivity index (χ1v) is 17.5. The van der Waals surface area contributed by atoms with Gasteiger partial charge in [-0.2, -0.15) is 0 Å². The molecule has 8 atom stereocenters. The molecule has 0 radical (unpaired) electrons. The number of allylic oxidation sites excluding steroid dienone is 3. The normalized spacial score (nSPS) is 37.3. The van der Waals surface area contributed by atoms with E-state index in [-0.39, 0.29) is 0 Å². The van der Waals surface area contributed by atoms with Crippen LogP contribution in [0.2, 0.25) is 0 Å². The number of fused-ring (bicyclic) bond motifs is 5. The minimum Gasteiger partial charge on any atom is -0.0999 e. The summed E-state index contributed by atoms with van der Waals surface area (Å²) in [6, 6.07) is 0. The maximum Gasteiger partial charge on any atom is -0.00851 e. The highest BCUT2D eigenvalue weighted by atomic mass is 14.6. The summed E-state index contributed by atoms with van der Waals surface area (Å²) >= 11 is 0. The standard InChI is InChI=1S/C38H66/c1-8-9-10-11-12-13-16-29(4)26-31-22-24-37(6)32(27-31)18-19-33-35-21-20-34(30(5)17-14-15-28(2)3)38(35,7)25-23-36(33)37/h18,28,30-31,33-36H,4,8-17,19-27H2,1-3,5-7H3/t30-,31?,33+,34-,35+,36+,37+,38-/m1/s1. The van der Waals surface area contributed by atoms with Crippen LogP contribution in [0.15, 0.2) is 23.8 Å². The average molecular weight is 523 g/mol. The van der Waals surface area contributed by atoms with E-state index in [0.29, 0.717) is 10.8 Å². The Hall–Kier alpha value is -0.520. The lowest BCUT2D eigenvalue weighted by Crippen LogP contribution is -2.50. The Labute approximate surface area is 239 Å². The van der Waals surface area contributed by atoms with E-state index < -0.39 is 0 Å². The molecule has 3 saturated carbocycles. The monoisotopic (exact) mass is 523 g/mol. The zero-order chi connectivity index (χ0) is 27.3. The lowest BCUT2D eigenvalue weighted by molar-refractivity contribution is -0.0527. The number of unbranched alkanes of at least 4 members (excludes halogenated alkanes) is 5. The van der Waals surface area contributed by atoms with Crippen molar-refractivity contribution >= 4 is 0 Å². The third-order valence-electron chi connectivity index (χ3n) is 12.9. The van der Waals surface area contributed by atoms with E-state index in [2.05, 4.69) is 54.2 Å². The van der Waals surface area contributed by atoms with Gasteiger partial charge in [0.05, 0.1) is 0 Å². The Morgan fingerprint density at radius 1 is 0.895 bits per heavy atom. The van der Waals surface area contributed by atoms with Crippen molar-refractivity contribution in [2.75, 3.05) is 0 Å². The quantitative estimate of drug-likeness (QED) is 0.157. The van der Waals surface area contributed by atoms with Crippen molar-refractivity contribution in [3.05, 3.63) is 23.8 Å². The molecular weight excluding hydrogens is 456 g/mol. The minimum atomic E-state index is 0.502. The van der Waals surface area contributed by atoms with Crippen LogP contribution in [0.3, 0.4) is 0 Å². The molecule has 0 N–H and O–H groups in total. The van der Waals surface area contributed by atoms with E-state index in [4.69, 9.17) is 0 Å². The van der Waals surface area contributed by atoms with E-state index in [9.17, 15) is 0 Å². The van der Waals surface area contributed by atoms with Crippen molar-refractivity contribution in [2.45, 2.75) is 164 Å². The van der Waals surface area contributed by atoms with E-state index in [0.717, 1.165) is 41.4 Å². The molecule has 0 aromatic heterocycles. The molecule has 38 heavy (non-hydrogen) atoms. The van der Waals surface area contributed by atoms with Gasteiger partial charge >= 0.3 is 0 Å². The van der Waals surface area contributed by atoms with Crippen molar-refractivity contribution < 1.29 is 0 Å². The van der Waals surface area contributed by atoms with E-state index in [1.165, 1.54) is 122 Å². The molecule has 0 spiro atoms. The molecule has 1 unspecified atom stereocenters. The predicted octanol–water partition coefficient (Wildman–Crippen LogP) is 12.3. The van der Waals surface area contributed by atoms with Crippen LogP contribution in [0.5, 0.6) is 0 Å². The number of rotatable bonds is 14. The fourth-order valence-corrected chi connectivity index (χ4v) is 10.6. The molecule has 4 rings (SSSR count). The van der Waals surface area contributed by atoms with Gasteiger partial charge in [-0.15, -0.1) is 0 Å². The Kier molecular flexibility index (Phi) is 10.8. The van der Waals surface area contributed by atoms with Gasteiger partial charge in [0.1, 0.15) is 0 Å². The molecule has 0 heteroatoms. The number of hydrogen-bond donors (Lipinski definition) is 0. The molecule has 4 aliphatic rings. The molecule has 3 fully saturated rings. The lowest BCUT2D eigenvalue weighted by atomic mass is 9.46. The molecule has 218 valence electrons. The van der Waals surface area contributed by atoms with Crippen LogP contribution in [0.25, 0.3) is 0 Å². The molecule has 0 nitrogen and oxygen atoms in total. The second-order valence-electron chi connectivity index (χ2n) is 15.9. The SMILES string of the molecule is C=C(CCCCCCCC)CC1CC[C@@]2(C)C(=CC[C@H]3[C@@H]4CC[C@H]([C@H](C)CCCC(C)C)[C@@]4(C)CC[C@@H]32)C1. The maximum atomic E-state index is 4.54. The fraction of sp³-hybridized carbons (Fsp3) is 0.895. The Bertz CT molecular complexity index is 786. The summed E-state index contributed by atoms with van der Waals surface area (Å²) in [6.07, 6.45) is 29.9. The highest BCUT2D eigenvalue weighted by Gasteiger charge is 2.59. The van der Waals surface area contributed by atoms with Crippen LogP contribution in [0.1, 0.15) is 164 Å². The highest BCUT2D eigenvalue weighted by molar-refractivity contribution is 5.25. The predicted molar refractivity (Wildman–Crippen MR) is 168 cm³/mol. The van der Waals surface area contributed by atoms with Gasteiger partial charge in [-0.3, -0.25) is 0 Å². The Morgan fingerprint density at radius 2 is 1.66 bits per heavy atom. The third kappa shape index (κ3) is 6.68. The van der Waals surface area contributed by atoms with Crippen LogP contribution < -0.4 is 0 Å². The maximum absolute atomic E-state index is 4.54. The van der Waals surface area contributed by atoms with Crippen molar-refractivity contribution in [3.63, 3.8) is 0 Å². The van der Waals surface area contributed by atoms with Gasteiger partial charge in [-0.25, -0.2) is 0 Å². The topological polar surface area (TPSA) is 0 Å². The van der Waals surface area contributed by atoms with E-state index >= 15 is 0 Å². The third-order valence-corrected chi connectivity index (χ3v) is 12.9. The second-order valence-corrected chi connectivity index (χ2v) is 15.9. The Morgan fingerprint density at radius 3 is 2.42 bits per heavy atom. The van der Waals surface area contributed by atoms with Gasteiger partial charge in [0.2, 0.25) is 0 Å². The molecule has 4 aliphatic carbocycles. The average Bonchev–Trinajstić information content (AvgIpc) is 3.23. The molecule has 0 aromatic rings. The van der Waals surface area contributed by atoms with Crippen LogP contribution in [0, 0.1) is 52.3 Å². The lowest BCUT2D eigenvalue weighted by Gasteiger charge is -2.58. The summed E-state index contributed by atoms with van der Waals surface area (Å²) in [4.78, 5) is 0. The minimum absolute atomic E-state index is 0.502. The molecule has 0 aromatic carbocycles. The molecular formula is C38H66. The van der Waals surface area contributed by atoms with Crippen molar-refractivity contribution in [1.82, 2.24) is 0 Å². The molecule has 0 aliphatic heterocycles. The fourth-order valence-electron chi connectivity index (χ4n) is 10.6. The largest absolute Gasteiger partial charge is 0.0999 e. The Balaban J connectivity index is 1.31. The molecule has 0 amide bonds. The van der Waals surface area contributed by atoms with Crippen LogP contribution in [0.4, 0.5) is 0 Å². The summed E-state index contributed by atoms with van der Waals surface area (Å²) in [6.45, 7) is 19.7. The zero-order valence-electron chi connectivity index (χ0n) is 26.8. The van der Waals surface area contributed by atoms with Crippen molar-refractivity contribution in [3.8, 4) is 0 Å². The van der Waals surface area contributed by atoms with Crippen LogP contribution >= 0.6 is 0 Å². The van der Waals surface area contributed by atoms with Gasteiger partial charge in [-0.05, 0) is 123 Å².